The Morgan fingerprint density at radius 2 is 1.51 bits per heavy atom. The molecule has 0 aliphatic rings. The first kappa shape index (κ1) is 31.4. The van der Waals surface area contributed by atoms with E-state index in [1.54, 1.807) is 13.0 Å². The molecular weight excluding hydrogens is 614 g/mol. The molecule has 0 spiro atoms. The minimum atomic E-state index is -4.50. The summed E-state index contributed by atoms with van der Waals surface area (Å²) >= 11 is 5.93. The molecule has 1 amide bonds. The predicted octanol–water partition coefficient (Wildman–Crippen LogP) is 8.16. The number of rotatable bonds is 8. The Morgan fingerprint density at radius 1 is 0.911 bits per heavy atom. The van der Waals surface area contributed by atoms with Crippen LogP contribution in [0.1, 0.15) is 46.2 Å². The molecule has 45 heavy (non-hydrogen) atoms. The number of carbonyl (C=O) groups is 2. The maximum absolute atomic E-state index is 13.7. The number of amides is 1. The first-order valence-electron chi connectivity index (χ1n) is 13.5. The van der Waals surface area contributed by atoms with Gasteiger partial charge >= 0.3 is 12.1 Å². The van der Waals surface area contributed by atoms with Crippen molar-refractivity contribution >= 4 is 23.5 Å². The van der Waals surface area contributed by atoms with E-state index in [0.29, 0.717) is 17.0 Å². The molecule has 12 heteroatoms. The second kappa shape index (κ2) is 12.9. The third-order valence-electron chi connectivity index (χ3n) is 6.82. The molecule has 5 rings (SSSR count). The molecule has 0 bridgehead atoms. The fourth-order valence-corrected chi connectivity index (χ4v) is 4.80. The van der Waals surface area contributed by atoms with Crippen molar-refractivity contribution in [1.82, 2.24) is 15.5 Å². The van der Waals surface area contributed by atoms with Gasteiger partial charge in [-0.2, -0.15) is 18.2 Å². The van der Waals surface area contributed by atoms with Crippen molar-refractivity contribution < 1.29 is 36.4 Å². The lowest BCUT2D eigenvalue weighted by Crippen LogP contribution is -2.31. The number of hydrogen-bond donors (Lipinski definition) is 1. The van der Waals surface area contributed by atoms with E-state index in [2.05, 4.69) is 15.5 Å². The first-order valence-corrected chi connectivity index (χ1v) is 13.9. The second-order valence-corrected chi connectivity index (χ2v) is 10.5. The monoisotopic (exact) mass is 637 g/mol. The van der Waals surface area contributed by atoms with Crippen LogP contribution in [0, 0.1) is 12.7 Å². The molecule has 1 N–H and O–H groups in total. The SMILES string of the molecule is CC(=O)Oc1ccc(-c2ccc(C(F)(F)F)cc2)cc1C(=O)N[C@H](Cc1ccc(-c2ccc(F)c(Cl)c2)cc1)c1nc(C)no1. The highest BCUT2D eigenvalue weighted by atomic mass is 35.5. The zero-order valence-electron chi connectivity index (χ0n) is 23.8. The van der Waals surface area contributed by atoms with Crippen molar-refractivity contribution in [3.63, 3.8) is 0 Å². The van der Waals surface area contributed by atoms with Crippen LogP contribution in [0.5, 0.6) is 5.75 Å². The Morgan fingerprint density at radius 3 is 2.09 bits per heavy atom. The number of alkyl halides is 3. The molecule has 0 saturated heterocycles. The van der Waals surface area contributed by atoms with Crippen molar-refractivity contribution in [3.8, 4) is 28.0 Å². The van der Waals surface area contributed by atoms with Crippen LogP contribution in [0.25, 0.3) is 22.3 Å². The van der Waals surface area contributed by atoms with E-state index in [9.17, 15) is 27.2 Å². The van der Waals surface area contributed by atoms with Crippen LogP contribution in [0.4, 0.5) is 17.6 Å². The van der Waals surface area contributed by atoms with Gasteiger partial charge in [0.25, 0.3) is 5.91 Å². The van der Waals surface area contributed by atoms with Gasteiger partial charge in [0.1, 0.15) is 17.6 Å². The minimum absolute atomic E-state index is 0.00151. The molecule has 1 atom stereocenters. The van der Waals surface area contributed by atoms with E-state index < -0.39 is 35.5 Å². The summed E-state index contributed by atoms with van der Waals surface area (Å²) in [5, 5.41) is 6.69. The van der Waals surface area contributed by atoms with Crippen LogP contribution >= 0.6 is 11.6 Å². The largest absolute Gasteiger partial charge is 0.426 e. The average Bonchev–Trinajstić information content (AvgIpc) is 3.44. The number of ether oxygens (including phenoxy) is 1. The van der Waals surface area contributed by atoms with Gasteiger partial charge in [-0.25, -0.2) is 4.39 Å². The molecule has 4 aromatic carbocycles. The number of halogens is 5. The molecule has 0 aliphatic carbocycles. The van der Waals surface area contributed by atoms with Crippen molar-refractivity contribution in [2.45, 2.75) is 32.5 Å². The fraction of sp³-hybridized carbons (Fsp3) is 0.152. The molecule has 0 saturated carbocycles. The quantitative estimate of drug-likeness (QED) is 0.105. The zero-order chi connectivity index (χ0) is 32.3. The number of aryl methyl sites for hydroxylation is 1. The number of nitrogens with zero attached hydrogens (tertiary/aromatic N) is 2. The van der Waals surface area contributed by atoms with E-state index in [-0.39, 0.29) is 28.6 Å². The van der Waals surface area contributed by atoms with Gasteiger partial charge < -0.3 is 14.6 Å². The van der Waals surface area contributed by atoms with Crippen molar-refractivity contribution in [1.29, 1.82) is 0 Å². The Kier molecular flexibility index (Phi) is 9.01. The van der Waals surface area contributed by atoms with Gasteiger partial charge in [0.05, 0.1) is 16.1 Å². The molecular formula is C33H24ClF4N3O4. The van der Waals surface area contributed by atoms with Crippen LogP contribution in [-0.4, -0.2) is 22.0 Å². The number of aromatic nitrogens is 2. The van der Waals surface area contributed by atoms with Gasteiger partial charge in [-0.3, -0.25) is 9.59 Å². The molecule has 1 aromatic heterocycles. The van der Waals surface area contributed by atoms with Crippen molar-refractivity contribution in [3.05, 3.63) is 124 Å². The van der Waals surface area contributed by atoms with E-state index in [0.717, 1.165) is 28.8 Å². The maximum atomic E-state index is 13.7. The van der Waals surface area contributed by atoms with Gasteiger partial charge in [-0.1, -0.05) is 65.3 Å². The zero-order valence-corrected chi connectivity index (χ0v) is 24.5. The van der Waals surface area contributed by atoms with Gasteiger partial charge in [0.15, 0.2) is 5.82 Å². The van der Waals surface area contributed by atoms with Crippen molar-refractivity contribution in [2.24, 2.45) is 0 Å². The normalized spacial score (nSPS) is 12.1. The Bertz CT molecular complexity index is 1860. The van der Waals surface area contributed by atoms with Crippen molar-refractivity contribution in [2.75, 3.05) is 0 Å². The summed E-state index contributed by atoms with van der Waals surface area (Å²) in [4.78, 5) is 29.8. The lowest BCUT2D eigenvalue weighted by Gasteiger charge is -2.18. The Balaban J connectivity index is 1.44. The smallest absolute Gasteiger partial charge is 0.416 e. The van der Waals surface area contributed by atoms with E-state index >= 15 is 0 Å². The Labute approximate surface area is 259 Å². The first-order chi connectivity index (χ1) is 21.4. The summed E-state index contributed by atoms with van der Waals surface area (Å²) in [6, 6.07) is 19.7. The Hall–Kier alpha value is -5.03. The standard InChI is InChI=1S/C33H24ClF4N3O4/c1-18-39-32(45-41-18)29(15-20-3-5-21(6-4-20)24-9-13-28(35)27(34)17-24)40-31(43)26-16-23(10-14-30(26)44-19(2)42)22-7-11-25(12-8-22)33(36,37)38/h3-14,16-17,29H,15H2,1-2H3,(H,40,43)/t29-/m1/s1. The summed E-state index contributed by atoms with van der Waals surface area (Å²) in [6.45, 7) is 2.81. The highest BCUT2D eigenvalue weighted by Crippen LogP contribution is 2.33. The third-order valence-corrected chi connectivity index (χ3v) is 7.11. The lowest BCUT2D eigenvalue weighted by atomic mass is 9.99. The molecule has 0 fully saturated rings. The number of esters is 1. The molecule has 0 radical (unpaired) electrons. The molecule has 1 heterocycles. The highest BCUT2D eigenvalue weighted by Gasteiger charge is 2.30. The van der Waals surface area contributed by atoms with Gasteiger partial charge in [-0.05, 0) is 71.1 Å². The summed E-state index contributed by atoms with van der Waals surface area (Å²) in [5.74, 6) is -1.41. The predicted molar refractivity (Wildman–Crippen MR) is 158 cm³/mol. The molecule has 7 nitrogen and oxygen atoms in total. The molecule has 0 unspecified atom stereocenters. The third kappa shape index (κ3) is 7.55. The number of benzene rings is 4. The van der Waals surface area contributed by atoms with Gasteiger partial charge in [-0.15, -0.1) is 0 Å². The second-order valence-electron chi connectivity index (χ2n) is 10.1. The van der Waals surface area contributed by atoms with Crippen LogP contribution in [0.3, 0.4) is 0 Å². The van der Waals surface area contributed by atoms with Crippen LogP contribution in [-0.2, 0) is 17.4 Å². The number of nitrogens with one attached hydrogen (secondary N) is 1. The van der Waals surface area contributed by atoms with Gasteiger partial charge in [0, 0.05) is 13.3 Å². The summed E-state index contributed by atoms with van der Waals surface area (Å²) in [6.07, 6.45) is -4.28. The van der Waals surface area contributed by atoms with E-state index in [1.165, 1.54) is 49.4 Å². The number of hydrogen-bond acceptors (Lipinski definition) is 6. The minimum Gasteiger partial charge on any atom is -0.426 e. The summed E-state index contributed by atoms with van der Waals surface area (Å²) in [7, 11) is 0. The average molecular weight is 638 g/mol. The van der Waals surface area contributed by atoms with Crippen LogP contribution < -0.4 is 10.1 Å². The molecule has 0 aliphatic heterocycles. The van der Waals surface area contributed by atoms with E-state index in [4.69, 9.17) is 20.9 Å². The topological polar surface area (TPSA) is 94.3 Å². The van der Waals surface area contributed by atoms with E-state index in [1.807, 2.05) is 24.3 Å². The maximum Gasteiger partial charge on any atom is 0.416 e. The van der Waals surface area contributed by atoms with Crippen LogP contribution in [0.2, 0.25) is 5.02 Å². The van der Waals surface area contributed by atoms with Crippen LogP contribution in [0.15, 0.2) is 89.5 Å². The number of carbonyl (C=O) groups excluding carboxylic acids is 2. The summed E-state index contributed by atoms with van der Waals surface area (Å²) in [5.41, 5.74) is 2.29. The van der Waals surface area contributed by atoms with Gasteiger partial charge in [0.2, 0.25) is 5.89 Å². The molecule has 230 valence electrons. The molecule has 5 aromatic rings. The highest BCUT2D eigenvalue weighted by molar-refractivity contribution is 6.31. The summed E-state index contributed by atoms with van der Waals surface area (Å²) < 4.78 is 63.5. The lowest BCUT2D eigenvalue weighted by molar-refractivity contribution is -0.137. The fourth-order valence-electron chi connectivity index (χ4n) is 4.62.